The average molecular weight is 443 g/mol. The minimum atomic E-state index is -3.68. The Morgan fingerprint density at radius 3 is 1.77 bits per heavy atom. The lowest BCUT2D eigenvalue weighted by Gasteiger charge is -2.35. The number of benzene rings is 3. The first kappa shape index (κ1) is 22.8. The molecule has 0 aliphatic rings. The lowest BCUT2D eigenvalue weighted by Crippen LogP contribution is -2.37. The molecule has 0 aromatic heterocycles. The van der Waals surface area contributed by atoms with Gasteiger partial charge in [0.1, 0.15) is 11.6 Å². The summed E-state index contributed by atoms with van der Waals surface area (Å²) in [6, 6.07) is 21.4. The smallest absolute Gasteiger partial charge is 0.278 e. The maximum absolute atomic E-state index is 14.2. The molecule has 3 rings (SSSR count). The maximum atomic E-state index is 14.2. The normalized spacial score (nSPS) is 11.7. The van der Waals surface area contributed by atoms with Gasteiger partial charge in [0.25, 0.3) is 5.91 Å². The summed E-state index contributed by atoms with van der Waals surface area (Å²) in [6.45, 7) is 0.590. The molecule has 8 heteroatoms. The van der Waals surface area contributed by atoms with Crippen molar-refractivity contribution in [2.45, 2.75) is 13.1 Å². The van der Waals surface area contributed by atoms with Crippen LogP contribution >= 0.6 is 7.59 Å². The van der Waals surface area contributed by atoms with E-state index in [4.69, 9.17) is 0 Å². The number of amides is 1. The van der Waals surface area contributed by atoms with Crippen LogP contribution in [-0.2, 0) is 17.7 Å². The molecule has 3 aromatic rings. The number of hydrogen-bond donors (Lipinski definition) is 1. The summed E-state index contributed by atoms with van der Waals surface area (Å²) in [5.41, 5.74) is 1.43. The van der Waals surface area contributed by atoms with Gasteiger partial charge in [0.15, 0.2) is 0 Å². The van der Waals surface area contributed by atoms with E-state index in [1.807, 2.05) is 60.7 Å². The van der Waals surface area contributed by atoms with Crippen molar-refractivity contribution in [2.24, 2.45) is 0 Å². The van der Waals surface area contributed by atoms with Gasteiger partial charge in [-0.15, -0.1) is 0 Å². The van der Waals surface area contributed by atoms with Crippen LogP contribution in [0.15, 0.2) is 78.9 Å². The highest BCUT2D eigenvalue weighted by Gasteiger charge is 2.35. The second-order valence-corrected chi connectivity index (χ2v) is 9.89. The fraction of sp³-hybridized carbons (Fsp3) is 0.174. The van der Waals surface area contributed by atoms with Gasteiger partial charge in [0.05, 0.1) is 5.56 Å². The van der Waals surface area contributed by atoms with Crippen molar-refractivity contribution < 1.29 is 18.1 Å². The zero-order chi connectivity index (χ0) is 22.4. The van der Waals surface area contributed by atoms with Gasteiger partial charge in [-0.2, -0.15) is 0 Å². The van der Waals surface area contributed by atoms with Crippen molar-refractivity contribution in [3.05, 3.63) is 107 Å². The summed E-state index contributed by atoms with van der Waals surface area (Å²) >= 11 is 0. The van der Waals surface area contributed by atoms with E-state index >= 15 is 0 Å². The summed E-state index contributed by atoms with van der Waals surface area (Å²) in [5, 5.41) is 2.52. The molecule has 0 spiro atoms. The number of carbonyl (C=O) groups excluding carboxylic acids is 1. The highest BCUT2D eigenvalue weighted by atomic mass is 31.2. The molecular formula is C23H24F2N3O2P. The van der Waals surface area contributed by atoms with Crippen molar-refractivity contribution in [1.82, 2.24) is 14.4 Å². The van der Waals surface area contributed by atoms with Crippen molar-refractivity contribution in [2.75, 3.05) is 14.1 Å². The number of carbonyl (C=O) groups is 1. The molecule has 0 aliphatic carbocycles. The summed E-state index contributed by atoms with van der Waals surface area (Å²) in [4.78, 5) is 12.8. The minimum absolute atomic E-state index is 0.295. The van der Waals surface area contributed by atoms with Gasteiger partial charge >= 0.3 is 7.59 Å². The number of nitrogens with one attached hydrogen (secondary N) is 1. The van der Waals surface area contributed by atoms with Gasteiger partial charge < -0.3 is 0 Å². The van der Waals surface area contributed by atoms with E-state index in [-0.39, 0.29) is 5.56 Å². The van der Waals surface area contributed by atoms with Gasteiger partial charge in [-0.3, -0.25) is 14.4 Å². The first-order valence-electron chi connectivity index (χ1n) is 9.68. The second-order valence-electron chi connectivity index (χ2n) is 7.21. The van der Waals surface area contributed by atoms with Crippen LogP contribution in [0.4, 0.5) is 8.78 Å². The highest BCUT2D eigenvalue weighted by molar-refractivity contribution is 7.57. The summed E-state index contributed by atoms with van der Waals surface area (Å²) < 4.78 is 44.6. The fourth-order valence-electron chi connectivity index (χ4n) is 3.18. The molecule has 1 amide bonds. The van der Waals surface area contributed by atoms with E-state index in [1.165, 1.54) is 0 Å². The van der Waals surface area contributed by atoms with Crippen LogP contribution in [-0.4, -0.2) is 29.3 Å². The zero-order valence-electron chi connectivity index (χ0n) is 17.3. The molecular weight excluding hydrogens is 419 g/mol. The van der Waals surface area contributed by atoms with Crippen LogP contribution in [0.2, 0.25) is 0 Å². The van der Waals surface area contributed by atoms with Crippen LogP contribution in [0.3, 0.4) is 0 Å². The van der Waals surface area contributed by atoms with Crippen LogP contribution in [0.5, 0.6) is 0 Å². The van der Waals surface area contributed by atoms with Crippen molar-refractivity contribution in [3.8, 4) is 0 Å². The Morgan fingerprint density at radius 1 is 0.839 bits per heavy atom. The standard InChI is InChI=1S/C23H24F2N3O2P/c1-27(16-18-9-5-3-6-10-18)31(30,28(2)17-19-11-7-4-8-12-19)26-23(29)21-14-13-20(24)15-22(21)25/h3-15H,16-17H2,1-2H3,(H,26,29,30). The quantitative estimate of drug-likeness (QED) is 0.494. The van der Waals surface area contributed by atoms with Crippen LogP contribution in [0.25, 0.3) is 0 Å². The zero-order valence-corrected chi connectivity index (χ0v) is 18.2. The summed E-state index contributed by atoms with van der Waals surface area (Å²) in [5.74, 6) is -2.68. The third-order valence-electron chi connectivity index (χ3n) is 4.86. The fourth-order valence-corrected chi connectivity index (χ4v) is 5.14. The van der Waals surface area contributed by atoms with E-state index in [0.717, 1.165) is 23.3 Å². The minimum Gasteiger partial charge on any atom is -0.278 e. The number of hydrogen-bond acceptors (Lipinski definition) is 2. The number of halogens is 2. The second kappa shape index (κ2) is 9.96. The van der Waals surface area contributed by atoms with Crippen LogP contribution < -0.4 is 5.09 Å². The Morgan fingerprint density at radius 2 is 1.32 bits per heavy atom. The maximum Gasteiger partial charge on any atom is 0.311 e. The Labute approximate surface area is 180 Å². The molecule has 0 bridgehead atoms. The van der Waals surface area contributed by atoms with Gasteiger partial charge in [-0.05, 0) is 37.4 Å². The van der Waals surface area contributed by atoms with E-state index in [9.17, 15) is 18.1 Å². The number of rotatable bonds is 8. The predicted octanol–water partition coefficient (Wildman–Crippen LogP) is 5.07. The summed E-state index contributed by atoms with van der Waals surface area (Å²) in [6.07, 6.45) is 0. The third-order valence-corrected chi connectivity index (χ3v) is 7.49. The molecule has 0 fully saturated rings. The molecule has 0 heterocycles. The van der Waals surface area contributed by atoms with Crippen molar-refractivity contribution in [1.29, 1.82) is 0 Å². The van der Waals surface area contributed by atoms with Crippen molar-refractivity contribution in [3.63, 3.8) is 0 Å². The molecule has 0 saturated carbocycles. The third kappa shape index (κ3) is 5.64. The molecule has 3 aromatic carbocycles. The van der Waals surface area contributed by atoms with Gasteiger partial charge in [0.2, 0.25) is 0 Å². The lowest BCUT2D eigenvalue weighted by atomic mass is 10.2. The Hall–Kier alpha value is -2.86. The molecule has 0 radical (unpaired) electrons. The average Bonchev–Trinajstić information content (AvgIpc) is 2.74. The predicted molar refractivity (Wildman–Crippen MR) is 117 cm³/mol. The van der Waals surface area contributed by atoms with E-state index in [1.54, 1.807) is 23.4 Å². The van der Waals surface area contributed by atoms with Crippen LogP contribution in [0.1, 0.15) is 21.5 Å². The van der Waals surface area contributed by atoms with Crippen molar-refractivity contribution >= 4 is 13.5 Å². The van der Waals surface area contributed by atoms with E-state index in [2.05, 4.69) is 5.09 Å². The van der Waals surface area contributed by atoms with Gasteiger partial charge in [-0.25, -0.2) is 18.1 Å². The molecule has 0 atom stereocenters. The molecule has 31 heavy (non-hydrogen) atoms. The van der Waals surface area contributed by atoms with E-state index < -0.39 is 25.1 Å². The first-order chi connectivity index (χ1) is 14.8. The topological polar surface area (TPSA) is 52.7 Å². The number of nitrogens with zero attached hydrogens (tertiary/aromatic N) is 2. The van der Waals surface area contributed by atoms with Gasteiger partial charge in [-0.1, -0.05) is 60.7 Å². The Bertz CT molecular complexity index is 1030. The van der Waals surface area contributed by atoms with Gasteiger partial charge in [0, 0.05) is 19.2 Å². The molecule has 1 N–H and O–H groups in total. The Kier molecular flexibility index (Phi) is 7.33. The Balaban J connectivity index is 1.90. The molecule has 5 nitrogen and oxygen atoms in total. The molecule has 0 unspecified atom stereocenters. The monoisotopic (exact) mass is 443 g/mol. The summed E-state index contributed by atoms with van der Waals surface area (Å²) in [7, 11) is -0.408. The highest BCUT2D eigenvalue weighted by Crippen LogP contribution is 2.49. The molecule has 0 saturated heterocycles. The molecule has 162 valence electrons. The SMILES string of the molecule is CN(Cc1ccccc1)P(=O)(NC(=O)c1ccc(F)cc1F)N(C)Cc1ccccc1. The van der Waals surface area contributed by atoms with Crippen LogP contribution in [0, 0.1) is 11.6 Å². The molecule has 0 aliphatic heterocycles. The lowest BCUT2D eigenvalue weighted by molar-refractivity contribution is 0.0970. The largest absolute Gasteiger partial charge is 0.311 e. The van der Waals surface area contributed by atoms with E-state index in [0.29, 0.717) is 19.2 Å². The first-order valence-corrected chi connectivity index (χ1v) is 11.3.